The van der Waals surface area contributed by atoms with Crippen molar-refractivity contribution in [2.24, 2.45) is 0 Å². The Morgan fingerprint density at radius 3 is 2.44 bits per heavy atom. The first-order valence-electron chi connectivity index (χ1n) is 5.41. The van der Waals surface area contributed by atoms with Crippen LogP contribution in [0.5, 0.6) is 0 Å². The topological polar surface area (TPSA) is 42.1 Å². The fraction of sp³-hybridized carbons (Fsp3) is 0.308. The Hall–Kier alpha value is -1.61. The summed E-state index contributed by atoms with van der Waals surface area (Å²) in [6.07, 6.45) is 6.42. The summed E-state index contributed by atoms with van der Waals surface area (Å²) in [4.78, 5) is 6.53. The first-order chi connectivity index (χ1) is 7.76. The Morgan fingerprint density at radius 2 is 1.94 bits per heavy atom. The first kappa shape index (κ1) is 12.5. The van der Waals surface area contributed by atoms with Crippen LogP contribution in [-0.4, -0.2) is 29.5 Å². The summed E-state index contributed by atoms with van der Waals surface area (Å²) >= 11 is 0. The van der Waals surface area contributed by atoms with Gasteiger partial charge in [0.1, 0.15) is 0 Å². The standard InChI is InChI=1S/C13H19N3/c1-3-8-16(9-4-2)10-7-13-6-5-12(14)11-15-13/h3-6,11H,1-2,7-10,14H2. The molecule has 0 saturated heterocycles. The van der Waals surface area contributed by atoms with Gasteiger partial charge in [-0.1, -0.05) is 12.2 Å². The number of hydrogen-bond acceptors (Lipinski definition) is 3. The van der Waals surface area contributed by atoms with E-state index in [1.807, 2.05) is 24.3 Å². The highest BCUT2D eigenvalue weighted by molar-refractivity contribution is 5.34. The van der Waals surface area contributed by atoms with E-state index >= 15 is 0 Å². The molecule has 3 nitrogen and oxygen atoms in total. The van der Waals surface area contributed by atoms with E-state index in [1.54, 1.807) is 6.20 Å². The molecule has 0 aliphatic carbocycles. The van der Waals surface area contributed by atoms with Gasteiger partial charge >= 0.3 is 0 Å². The van der Waals surface area contributed by atoms with Crippen LogP contribution >= 0.6 is 0 Å². The van der Waals surface area contributed by atoms with Gasteiger partial charge in [0, 0.05) is 31.7 Å². The maximum atomic E-state index is 5.58. The number of hydrogen-bond donors (Lipinski definition) is 1. The van der Waals surface area contributed by atoms with Gasteiger partial charge < -0.3 is 5.73 Å². The van der Waals surface area contributed by atoms with E-state index in [9.17, 15) is 0 Å². The molecule has 0 unspecified atom stereocenters. The lowest BCUT2D eigenvalue weighted by molar-refractivity contribution is 0.338. The lowest BCUT2D eigenvalue weighted by Crippen LogP contribution is -2.26. The van der Waals surface area contributed by atoms with Gasteiger partial charge in [0.15, 0.2) is 0 Å². The van der Waals surface area contributed by atoms with E-state index in [1.165, 1.54) is 0 Å². The minimum atomic E-state index is 0.706. The fourth-order valence-electron chi connectivity index (χ4n) is 1.48. The van der Waals surface area contributed by atoms with E-state index in [-0.39, 0.29) is 0 Å². The van der Waals surface area contributed by atoms with Gasteiger partial charge in [-0.05, 0) is 12.1 Å². The summed E-state index contributed by atoms with van der Waals surface area (Å²) in [6.45, 7) is 10.2. The maximum absolute atomic E-state index is 5.58. The molecule has 1 aromatic rings. The smallest absolute Gasteiger partial charge is 0.0501 e. The minimum Gasteiger partial charge on any atom is -0.397 e. The number of nitrogens with two attached hydrogens (primary N) is 1. The molecular formula is C13H19N3. The van der Waals surface area contributed by atoms with Crippen LogP contribution in [0.3, 0.4) is 0 Å². The number of pyridine rings is 1. The van der Waals surface area contributed by atoms with Crippen molar-refractivity contribution in [1.82, 2.24) is 9.88 Å². The van der Waals surface area contributed by atoms with Crippen LogP contribution in [0.15, 0.2) is 43.6 Å². The van der Waals surface area contributed by atoms with Gasteiger partial charge in [-0.2, -0.15) is 0 Å². The Balaban J connectivity index is 2.44. The second kappa shape index (κ2) is 6.80. The molecule has 0 radical (unpaired) electrons. The Morgan fingerprint density at radius 1 is 1.25 bits per heavy atom. The molecule has 0 amide bonds. The van der Waals surface area contributed by atoms with Gasteiger partial charge in [0.2, 0.25) is 0 Å². The third kappa shape index (κ3) is 4.28. The van der Waals surface area contributed by atoms with E-state index in [0.717, 1.165) is 31.7 Å². The quantitative estimate of drug-likeness (QED) is 0.709. The molecule has 3 heteroatoms. The van der Waals surface area contributed by atoms with E-state index < -0.39 is 0 Å². The number of nitrogen functional groups attached to an aromatic ring is 1. The van der Waals surface area contributed by atoms with Crippen molar-refractivity contribution < 1.29 is 0 Å². The average molecular weight is 217 g/mol. The molecule has 0 atom stereocenters. The summed E-state index contributed by atoms with van der Waals surface area (Å²) < 4.78 is 0. The largest absolute Gasteiger partial charge is 0.397 e. The number of rotatable bonds is 7. The minimum absolute atomic E-state index is 0.706. The highest BCUT2D eigenvalue weighted by Crippen LogP contribution is 2.03. The van der Waals surface area contributed by atoms with Gasteiger partial charge in [-0.3, -0.25) is 9.88 Å². The van der Waals surface area contributed by atoms with Gasteiger partial charge in [-0.25, -0.2) is 0 Å². The van der Waals surface area contributed by atoms with E-state index in [0.29, 0.717) is 5.69 Å². The SMILES string of the molecule is C=CCN(CC=C)CCc1ccc(N)cn1. The van der Waals surface area contributed by atoms with Crippen LogP contribution in [0.2, 0.25) is 0 Å². The molecule has 0 fully saturated rings. The van der Waals surface area contributed by atoms with Crippen molar-refractivity contribution in [1.29, 1.82) is 0 Å². The zero-order valence-corrected chi connectivity index (χ0v) is 9.60. The van der Waals surface area contributed by atoms with Crippen LogP contribution < -0.4 is 5.73 Å². The third-order valence-electron chi connectivity index (χ3n) is 2.31. The van der Waals surface area contributed by atoms with Crippen LogP contribution in [0, 0.1) is 0 Å². The Kier molecular flexibility index (Phi) is 5.29. The molecular weight excluding hydrogens is 198 g/mol. The molecule has 0 aliphatic rings. The summed E-state index contributed by atoms with van der Waals surface area (Å²) in [6, 6.07) is 3.85. The van der Waals surface area contributed by atoms with Crippen molar-refractivity contribution in [3.8, 4) is 0 Å². The predicted octanol–water partition coefficient (Wildman–Crippen LogP) is 1.88. The number of nitrogens with zero attached hydrogens (tertiary/aromatic N) is 2. The molecule has 1 rings (SSSR count). The van der Waals surface area contributed by atoms with Crippen LogP contribution in [-0.2, 0) is 6.42 Å². The Labute approximate surface area is 97.3 Å². The molecule has 0 bridgehead atoms. The molecule has 2 N–H and O–H groups in total. The van der Waals surface area contributed by atoms with Crippen molar-refractivity contribution in [2.75, 3.05) is 25.4 Å². The zero-order valence-electron chi connectivity index (χ0n) is 9.60. The first-order valence-corrected chi connectivity index (χ1v) is 5.41. The highest BCUT2D eigenvalue weighted by Gasteiger charge is 2.01. The summed E-state index contributed by atoms with van der Waals surface area (Å²) in [5.74, 6) is 0. The lowest BCUT2D eigenvalue weighted by atomic mass is 10.2. The molecule has 0 saturated carbocycles. The van der Waals surface area contributed by atoms with Crippen LogP contribution in [0.1, 0.15) is 5.69 Å². The van der Waals surface area contributed by atoms with Crippen molar-refractivity contribution in [3.63, 3.8) is 0 Å². The van der Waals surface area contributed by atoms with E-state index in [4.69, 9.17) is 5.73 Å². The predicted molar refractivity (Wildman–Crippen MR) is 69.2 cm³/mol. The average Bonchev–Trinajstić information content (AvgIpc) is 2.29. The van der Waals surface area contributed by atoms with Gasteiger partial charge in [0.25, 0.3) is 0 Å². The van der Waals surface area contributed by atoms with Crippen molar-refractivity contribution in [2.45, 2.75) is 6.42 Å². The van der Waals surface area contributed by atoms with E-state index in [2.05, 4.69) is 23.0 Å². The molecule has 0 aliphatic heterocycles. The van der Waals surface area contributed by atoms with Crippen LogP contribution in [0.25, 0.3) is 0 Å². The summed E-state index contributed by atoms with van der Waals surface area (Å²) in [5.41, 5.74) is 7.35. The molecule has 1 heterocycles. The summed E-state index contributed by atoms with van der Waals surface area (Å²) in [7, 11) is 0. The molecule has 86 valence electrons. The molecule has 1 aromatic heterocycles. The second-order valence-corrected chi connectivity index (χ2v) is 3.67. The molecule has 0 spiro atoms. The van der Waals surface area contributed by atoms with Crippen LogP contribution in [0.4, 0.5) is 5.69 Å². The van der Waals surface area contributed by atoms with Crippen molar-refractivity contribution in [3.05, 3.63) is 49.3 Å². The fourth-order valence-corrected chi connectivity index (χ4v) is 1.48. The number of aromatic nitrogens is 1. The second-order valence-electron chi connectivity index (χ2n) is 3.67. The Bertz CT molecular complexity index is 320. The highest BCUT2D eigenvalue weighted by atomic mass is 15.1. The maximum Gasteiger partial charge on any atom is 0.0501 e. The third-order valence-corrected chi connectivity index (χ3v) is 2.31. The van der Waals surface area contributed by atoms with Gasteiger partial charge in [-0.15, -0.1) is 13.2 Å². The molecule has 16 heavy (non-hydrogen) atoms. The zero-order chi connectivity index (χ0) is 11.8. The summed E-state index contributed by atoms with van der Waals surface area (Å²) in [5, 5.41) is 0. The van der Waals surface area contributed by atoms with Gasteiger partial charge in [0.05, 0.1) is 11.9 Å². The monoisotopic (exact) mass is 217 g/mol. The number of anilines is 1. The molecule has 0 aromatic carbocycles. The van der Waals surface area contributed by atoms with Crippen molar-refractivity contribution >= 4 is 5.69 Å². The normalized spacial score (nSPS) is 10.3. The lowest BCUT2D eigenvalue weighted by Gasteiger charge is -2.18.